The van der Waals surface area contributed by atoms with Crippen molar-refractivity contribution in [3.05, 3.63) is 72.9 Å². The third-order valence-corrected chi connectivity index (χ3v) is 10.7. The van der Waals surface area contributed by atoms with E-state index in [0.29, 0.717) is 12.0 Å². The van der Waals surface area contributed by atoms with Gasteiger partial charge in [-0.15, -0.1) is 0 Å². The van der Waals surface area contributed by atoms with Crippen molar-refractivity contribution < 1.29 is 4.43 Å². The first-order valence-corrected chi connectivity index (χ1v) is 11.9. The lowest BCUT2D eigenvalue weighted by molar-refractivity contribution is 0.184. The van der Waals surface area contributed by atoms with Crippen molar-refractivity contribution in [3.63, 3.8) is 0 Å². The van der Waals surface area contributed by atoms with Crippen molar-refractivity contribution in [2.45, 2.75) is 45.7 Å². The van der Waals surface area contributed by atoms with Gasteiger partial charge in [-0.05, 0) is 21.3 Å². The van der Waals surface area contributed by atoms with Crippen LogP contribution in [0.15, 0.2) is 72.9 Å². The third kappa shape index (κ3) is 3.90. The number of hydrogen-bond donors (Lipinski definition) is 0. The molecule has 0 aliphatic carbocycles. The van der Waals surface area contributed by atoms with Crippen LogP contribution in [0.25, 0.3) is 0 Å². The summed E-state index contributed by atoms with van der Waals surface area (Å²) in [6, 6.07) is 22.2. The van der Waals surface area contributed by atoms with Gasteiger partial charge in [0.2, 0.25) is 0 Å². The van der Waals surface area contributed by atoms with Gasteiger partial charge < -0.3 is 9.33 Å². The van der Waals surface area contributed by atoms with Crippen LogP contribution < -0.4 is 10.4 Å². The van der Waals surface area contributed by atoms with Crippen LogP contribution in [0, 0.1) is 5.92 Å². The Hall–Kier alpha value is -1.84. The van der Waals surface area contributed by atoms with E-state index in [2.05, 4.69) is 107 Å². The van der Waals surface area contributed by atoms with E-state index in [1.807, 2.05) is 0 Å². The standard InChI is InChI=1S/C24H33NOSi/c1-19(2)23(25-17-20(25)3)18-26-27(24(4,5)6,21-13-9-7-10-14-21)22-15-11-8-12-16-22/h7-16,19,23H,3,17-18H2,1-2,4-6H3/t23-,25?/m1/s1. The Balaban J connectivity index is 2.05. The van der Waals surface area contributed by atoms with Gasteiger partial charge in [0.15, 0.2) is 0 Å². The molecule has 27 heavy (non-hydrogen) atoms. The Kier molecular flexibility index (Phi) is 5.64. The van der Waals surface area contributed by atoms with Crippen LogP contribution >= 0.6 is 0 Å². The fourth-order valence-electron chi connectivity index (χ4n) is 4.13. The van der Waals surface area contributed by atoms with Gasteiger partial charge >= 0.3 is 0 Å². The second-order valence-corrected chi connectivity index (χ2v) is 13.3. The summed E-state index contributed by atoms with van der Waals surface area (Å²) in [7, 11) is -2.45. The lowest BCUT2D eigenvalue weighted by Crippen LogP contribution is -2.67. The summed E-state index contributed by atoms with van der Waals surface area (Å²) < 4.78 is 7.10. The molecule has 3 heteroatoms. The maximum Gasteiger partial charge on any atom is 0.261 e. The molecule has 3 rings (SSSR count). The topological polar surface area (TPSA) is 12.2 Å². The first-order valence-electron chi connectivity index (χ1n) is 9.97. The van der Waals surface area contributed by atoms with Gasteiger partial charge in [-0.25, -0.2) is 0 Å². The largest absolute Gasteiger partial charge is 0.405 e. The molecule has 0 aromatic heterocycles. The molecular formula is C24H33NOSi. The molecule has 1 aliphatic rings. The zero-order valence-corrected chi connectivity index (χ0v) is 18.4. The lowest BCUT2D eigenvalue weighted by Gasteiger charge is -2.44. The van der Waals surface area contributed by atoms with Gasteiger partial charge in [-0.1, -0.05) is 102 Å². The molecule has 2 aromatic carbocycles. The average Bonchev–Trinajstić information content (AvgIpc) is 3.35. The van der Waals surface area contributed by atoms with Crippen molar-refractivity contribution >= 4 is 18.7 Å². The number of rotatable bonds is 7. The molecule has 1 fully saturated rings. The molecule has 0 N–H and O–H groups in total. The fraction of sp³-hybridized carbons (Fsp3) is 0.417. The van der Waals surface area contributed by atoms with Gasteiger partial charge in [0.1, 0.15) is 0 Å². The van der Waals surface area contributed by atoms with Crippen LogP contribution in [-0.2, 0) is 4.43 Å². The van der Waals surface area contributed by atoms with Gasteiger partial charge in [0.05, 0.1) is 19.2 Å². The molecule has 0 spiro atoms. The molecule has 0 unspecified atom stereocenters. The molecule has 1 aliphatic heterocycles. The number of hydrogen-bond acceptors (Lipinski definition) is 2. The third-order valence-electron chi connectivity index (χ3n) is 5.71. The van der Waals surface area contributed by atoms with E-state index < -0.39 is 8.32 Å². The lowest BCUT2D eigenvalue weighted by atomic mass is 10.1. The van der Waals surface area contributed by atoms with E-state index in [1.54, 1.807) is 0 Å². The van der Waals surface area contributed by atoms with Crippen molar-refractivity contribution in [3.8, 4) is 0 Å². The zero-order valence-electron chi connectivity index (χ0n) is 17.4. The highest BCUT2D eigenvalue weighted by molar-refractivity contribution is 6.99. The number of benzene rings is 2. The van der Waals surface area contributed by atoms with Crippen molar-refractivity contribution in [2.75, 3.05) is 13.2 Å². The predicted octanol–water partition coefficient (Wildman–Crippen LogP) is 4.42. The van der Waals surface area contributed by atoms with Gasteiger partial charge in [0, 0.05) is 5.70 Å². The summed E-state index contributed by atoms with van der Waals surface area (Å²) in [5.41, 5.74) is 1.24. The molecule has 1 saturated heterocycles. The van der Waals surface area contributed by atoms with E-state index in [4.69, 9.17) is 4.43 Å². The zero-order chi connectivity index (χ0) is 19.7. The maximum atomic E-state index is 7.10. The smallest absolute Gasteiger partial charge is 0.261 e. The quantitative estimate of drug-likeness (QED) is 0.521. The maximum absolute atomic E-state index is 7.10. The van der Waals surface area contributed by atoms with Gasteiger partial charge in [-0.2, -0.15) is 0 Å². The van der Waals surface area contributed by atoms with Crippen molar-refractivity contribution in [2.24, 2.45) is 5.92 Å². The Morgan fingerprint density at radius 1 is 0.963 bits per heavy atom. The van der Waals surface area contributed by atoms with Crippen LogP contribution in [0.1, 0.15) is 34.6 Å². The first-order chi connectivity index (χ1) is 12.8. The van der Waals surface area contributed by atoms with E-state index in [0.717, 1.165) is 13.2 Å². The fourth-order valence-corrected chi connectivity index (χ4v) is 8.70. The Labute approximate surface area is 166 Å². The summed E-state index contributed by atoms with van der Waals surface area (Å²) in [5.74, 6) is 0.530. The minimum atomic E-state index is -2.45. The summed E-state index contributed by atoms with van der Waals surface area (Å²) in [5, 5.41) is 2.71. The molecule has 144 valence electrons. The summed E-state index contributed by atoms with van der Waals surface area (Å²) in [4.78, 5) is 2.39. The highest BCUT2D eigenvalue weighted by Crippen LogP contribution is 2.38. The predicted molar refractivity (Wildman–Crippen MR) is 118 cm³/mol. The van der Waals surface area contributed by atoms with E-state index in [9.17, 15) is 0 Å². The van der Waals surface area contributed by atoms with E-state index >= 15 is 0 Å². The molecule has 0 saturated carbocycles. The summed E-state index contributed by atoms with van der Waals surface area (Å²) in [6.07, 6.45) is 0. The molecule has 2 nitrogen and oxygen atoms in total. The normalized spacial score (nSPS) is 15.9. The molecule has 0 bridgehead atoms. The second kappa shape index (κ2) is 7.65. The molecule has 2 aromatic rings. The minimum absolute atomic E-state index is 0.0210. The molecule has 0 amide bonds. The molecule has 0 radical (unpaired) electrons. The first kappa shape index (κ1) is 19.9. The monoisotopic (exact) mass is 379 g/mol. The van der Waals surface area contributed by atoms with E-state index in [-0.39, 0.29) is 5.04 Å². The molecule has 1 atom stereocenters. The van der Waals surface area contributed by atoms with Gasteiger partial charge in [0.25, 0.3) is 8.32 Å². The number of nitrogens with zero attached hydrogens (tertiary/aromatic N) is 1. The van der Waals surface area contributed by atoms with Gasteiger partial charge in [-0.3, -0.25) is 0 Å². The highest BCUT2D eigenvalue weighted by atomic mass is 28.4. The highest BCUT2D eigenvalue weighted by Gasteiger charge is 2.51. The Morgan fingerprint density at radius 2 is 1.41 bits per heavy atom. The Morgan fingerprint density at radius 3 is 1.74 bits per heavy atom. The van der Waals surface area contributed by atoms with Crippen LogP contribution in [-0.4, -0.2) is 32.4 Å². The molecule has 1 heterocycles. The van der Waals surface area contributed by atoms with Crippen LogP contribution in [0.2, 0.25) is 5.04 Å². The summed E-state index contributed by atoms with van der Waals surface area (Å²) >= 11 is 0. The van der Waals surface area contributed by atoms with Crippen molar-refractivity contribution in [1.29, 1.82) is 0 Å². The average molecular weight is 380 g/mol. The van der Waals surface area contributed by atoms with Crippen molar-refractivity contribution in [1.82, 2.24) is 4.90 Å². The summed E-state index contributed by atoms with van der Waals surface area (Å²) in [6.45, 7) is 17.5. The minimum Gasteiger partial charge on any atom is -0.405 e. The van der Waals surface area contributed by atoms with Crippen LogP contribution in [0.3, 0.4) is 0 Å². The molecular weight excluding hydrogens is 346 g/mol. The van der Waals surface area contributed by atoms with E-state index in [1.165, 1.54) is 16.1 Å². The van der Waals surface area contributed by atoms with Crippen LogP contribution in [0.5, 0.6) is 0 Å². The Bertz CT molecular complexity index is 724. The van der Waals surface area contributed by atoms with Crippen LogP contribution in [0.4, 0.5) is 0 Å². The SMILES string of the molecule is C=C1CN1[C@H](CO[Si](c1ccccc1)(c1ccccc1)C(C)(C)C)C(C)C. The second-order valence-electron chi connectivity index (χ2n) is 8.98.